The van der Waals surface area contributed by atoms with Gasteiger partial charge < -0.3 is 14.8 Å². The fourth-order valence-electron chi connectivity index (χ4n) is 3.27. The molecule has 7 nitrogen and oxygen atoms in total. The molecule has 0 aromatic heterocycles. The van der Waals surface area contributed by atoms with Crippen molar-refractivity contribution in [3.05, 3.63) is 77.3 Å². The first-order chi connectivity index (χ1) is 17.2. The first-order valence-electron chi connectivity index (χ1n) is 11.3. The third-order valence-electron chi connectivity index (χ3n) is 5.21. The first-order valence-corrected chi connectivity index (χ1v) is 14.3. The third kappa shape index (κ3) is 7.32. The summed E-state index contributed by atoms with van der Waals surface area (Å²) in [5, 5.41) is 3.32. The maximum atomic E-state index is 13.5. The highest BCUT2D eigenvalue weighted by atomic mass is 35.5. The van der Waals surface area contributed by atoms with Gasteiger partial charge in [0, 0.05) is 9.92 Å². The van der Waals surface area contributed by atoms with Crippen molar-refractivity contribution in [3.63, 3.8) is 0 Å². The molecule has 192 valence electrons. The lowest BCUT2D eigenvalue weighted by molar-refractivity contribution is -0.119. The van der Waals surface area contributed by atoms with E-state index in [2.05, 4.69) is 5.32 Å². The third-order valence-corrected chi connectivity index (χ3v) is 8.15. The van der Waals surface area contributed by atoms with Crippen LogP contribution in [0.2, 0.25) is 5.02 Å². The Hall–Kier alpha value is -2.88. The second-order valence-corrected chi connectivity index (χ2v) is 10.9. The molecular formula is C26H29ClN2O5S2. The predicted molar refractivity (Wildman–Crippen MR) is 145 cm³/mol. The molecule has 0 atom stereocenters. The molecule has 0 fully saturated rings. The summed E-state index contributed by atoms with van der Waals surface area (Å²) in [6.07, 6.45) is 1.91. The largest absolute Gasteiger partial charge is 0.494 e. The fourth-order valence-corrected chi connectivity index (χ4v) is 5.27. The summed E-state index contributed by atoms with van der Waals surface area (Å²) in [6, 6.07) is 18.5. The minimum Gasteiger partial charge on any atom is -0.494 e. The Balaban J connectivity index is 1.72. The molecule has 0 saturated carbocycles. The van der Waals surface area contributed by atoms with Gasteiger partial charge in [0.1, 0.15) is 24.7 Å². The number of ether oxygens (including phenoxy) is 2. The van der Waals surface area contributed by atoms with Gasteiger partial charge in [-0.05, 0) is 86.3 Å². The van der Waals surface area contributed by atoms with E-state index in [4.69, 9.17) is 21.1 Å². The van der Waals surface area contributed by atoms with Crippen LogP contribution >= 0.6 is 23.4 Å². The molecular weight excluding hydrogens is 520 g/mol. The van der Waals surface area contributed by atoms with E-state index in [1.807, 2.05) is 26.2 Å². The zero-order valence-electron chi connectivity index (χ0n) is 20.4. The summed E-state index contributed by atoms with van der Waals surface area (Å²) in [7, 11) is -4.01. The van der Waals surface area contributed by atoms with Crippen molar-refractivity contribution < 1.29 is 22.7 Å². The van der Waals surface area contributed by atoms with Crippen molar-refractivity contribution in [3.8, 4) is 11.5 Å². The number of nitrogens with zero attached hydrogens (tertiary/aromatic N) is 1. The first kappa shape index (κ1) is 27.7. The molecule has 36 heavy (non-hydrogen) atoms. The van der Waals surface area contributed by atoms with Crippen LogP contribution in [-0.2, 0) is 14.8 Å². The van der Waals surface area contributed by atoms with E-state index in [1.165, 1.54) is 11.8 Å². The number of thioether (sulfide) groups is 1. The summed E-state index contributed by atoms with van der Waals surface area (Å²) >= 11 is 7.62. The van der Waals surface area contributed by atoms with Gasteiger partial charge in [0.25, 0.3) is 10.0 Å². The fraction of sp³-hybridized carbons (Fsp3) is 0.269. The Labute approximate surface area is 221 Å². The van der Waals surface area contributed by atoms with Crippen molar-refractivity contribution in [1.82, 2.24) is 5.32 Å². The number of rotatable bonds is 12. The number of amides is 1. The van der Waals surface area contributed by atoms with E-state index in [-0.39, 0.29) is 18.0 Å². The zero-order chi connectivity index (χ0) is 26.1. The number of hydrogen-bond donors (Lipinski definition) is 1. The Morgan fingerprint density at radius 1 is 1.00 bits per heavy atom. The van der Waals surface area contributed by atoms with Gasteiger partial charge in [0.05, 0.1) is 23.7 Å². The van der Waals surface area contributed by atoms with E-state index in [0.29, 0.717) is 28.8 Å². The van der Waals surface area contributed by atoms with Crippen LogP contribution in [0, 0.1) is 6.92 Å². The van der Waals surface area contributed by atoms with Crippen molar-refractivity contribution >= 4 is 45.0 Å². The van der Waals surface area contributed by atoms with Crippen LogP contribution in [0.1, 0.15) is 12.5 Å². The summed E-state index contributed by atoms with van der Waals surface area (Å²) in [5.74, 6) is 0.742. The number of benzene rings is 3. The molecule has 0 unspecified atom stereocenters. The van der Waals surface area contributed by atoms with Crippen LogP contribution in [0.15, 0.2) is 76.5 Å². The van der Waals surface area contributed by atoms with Crippen LogP contribution in [0.3, 0.4) is 0 Å². The van der Waals surface area contributed by atoms with Gasteiger partial charge in [0.2, 0.25) is 5.91 Å². The van der Waals surface area contributed by atoms with Crippen LogP contribution in [-0.4, -0.2) is 46.9 Å². The van der Waals surface area contributed by atoms with Gasteiger partial charge in [0.15, 0.2) is 0 Å². The van der Waals surface area contributed by atoms with E-state index in [1.54, 1.807) is 60.7 Å². The molecule has 0 radical (unpaired) electrons. The Morgan fingerprint density at radius 3 is 2.28 bits per heavy atom. The Bertz CT molecular complexity index is 1270. The monoisotopic (exact) mass is 548 g/mol. The molecule has 1 amide bonds. The lowest BCUT2D eigenvalue weighted by atomic mass is 10.2. The molecule has 0 heterocycles. The lowest BCUT2D eigenvalue weighted by Crippen LogP contribution is -2.41. The molecule has 0 spiro atoms. The molecule has 3 aromatic rings. The van der Waals surface area contributed by atoms with Crippen molar-refractivity contribution in [1.29, 1.82) is 0 Å². The lowest BCUT2D eigenvalue weighted by Gasteiger charge is -2.24. The number of aryl methyl sites for hydroxylation is 1. The molecule has 10 heteroatoms. The molecule has 1 N–H and O–H groups in total. The average Bonchev–Trinajstić information content (AvgIpc) is 2.88. The summed E-state index contributed by atoms with van der Waals surface area (Å²) < 4.78 is 39.2. The SMILES string of the molecule is CCOc1ccc(N(CC(=O)NCCOc2ccc(C)c(Cl)c2)S(=O)(=O)c2ccc(SC)cc2)cc1. The molecule has 3 aromatic carbocycles. The van der Waals surface area contributed by atoms with Gasteiger partial charge >= 0.3 is 0 Å². The van der Waals surface area contributed by atoms with Crippen LogP contribution in [0.4, 0.5) is 5.69 Å². The van der Waals surface area contributed by atoms with Gasteiger partial charge in [-0.3, -0.25) is 9.10 Å². The second-order valence-electron chi connectivity index (χ2n) is 7.72. The number of sulfonamides is 1. The predicted octanol–water partition coefficient (Wildman–Crippen LogP) is 5.16. The maximum absolute atomic E-state index is 13.5. The summed E-state index contributed by atoms with van der Waals surface area (Å²) in [4.78, 5) is 13.8. The highest BCUT2D eigenvalue weighted by Crippen LogP contribution is 2.27. The van der Waals surface area contributed by atoms with E-state index < -0.39 is 22.5 Å². The number of anilines is 1. The standard InChI is InChI=1S/C26H29ClN2O5S2/c1-4-33-21-9-6-20(7-10-21)29(36(31,32)24-13-11-23(35-3)12-14-24)18-26(30)28-15-16-34-22-8-5-19(2)25(27)17-22/h5-14,17H,4,15-16,18H2,1-3H3,(H,28,30). The summed E-state index contributed by atoms with van der Waals surface area (Å²) in [6.45, 7) is 4.26. The molecule has 0 bridgehead atoms. The number of carbonyl (C=O) groups is 1. The molecule has 0 aliphatic carbocycles. The maximum Gasteiger partial charge on any atom is 0.264 e. The van der Waals surface area contributed by atoms with Gasteiger partial charge in [-0.15, -0.1) is 11.8 Å². The van der Waals surface area contributed by atoms with Crippen LogP contribution < -0.4 is 19.1 Å². The van der Waals surface area contributed by atoms with E-state index >= 15 is 0 Å². The minimum absolute atomic E-state index is 0.0987. The van der Waals surface area contributed by atoms with Crippen molar-refractivity contribution in [2.24, 2.45) is 0 Å². The minimum atomic E-state index is -4.01. The van der Waals surface area contributed by atoms with Crippen molar-refractivity contribution in [2.75, 3.05) is 36.9 Å². The van der Waals surface area contributed by atoms with Gasteiger partial charge in [-0.2, -0.15) is 0 Å². The highest BCUT2D eigenvalue weighted by molar-refractivity contribution is 7.98. The van der Waals surface area contributed by atoms with E-state index in [0.717, 1.165) is 14.8 Å². The normalized spacial score (nSPS) is 11.1. The summed E-state index contributed by atoms with van der Waals surface area (Å²) in [5.41, 5.74) is 1.30. The molecule has 0 saturated heterocycles. The number of carbonyl (C=O) groups excluding carboxylic acids is 1. The van der Waals surface area contributed by atoms with E-state index in [9.17, 15) is 13.2 Å². The van der Waals surface area contributed by atoms with Gasteiger partial charge in [-0.25, -0.2) is 8.42 Å². The number of hydrogen-bond acceptors (Lipinski definition) is 6. The number of nitrogens with one attached hydrogen (secondary N) is 1. The highest BCUT2D eigenvalue weighted by Gasteiger charge is 2.27. The van der Waals surface area contributed by atoms with Crippen LogP contribution in [0.25, 0.3) is 0 Å². The Morgan fingerprint density at radius 2 is 1.67 bits per heavy atom. The van der Waals surface area contributed by atoms with Crippen molar-refractivity contribution in [2.45, 2.75) is 23.6 Å². The zero-order valence-corrected chi connectivity index (χ0v) is 22.8. The Kier molecular flexibility index (Phi) is 9.92. The second kappa shape index (κ2) is 12.9. The smallest absolute Gasteiger partial charge is 0.264 e. The molecule has 0 aliphatic heterocycles. The number of halogens is 1. The quantitative estimate of drug-likeness (QED) is 0.248. The molecule has 3 rings (SSSR count). The topological polar surface area (TPSA) is 84.9 Å². The molecule has 0 aliphatic rings. The average molecular weight is 549 g/mol. The van der Waals surface area contributed by atoms with Gasteiger partial charge in [-0.1, -0.05) is 17.7 Å². The van der Waals surface area contributed by atoms with Crippen LogP contribution in [0.5, 0.6) is 11.5 Å².